The maximum atomic E-state index is 13.1. The van der Waals surface area contributed by atoms with Crippen LogP contribution in [-0.4, -0.2) is 41.5 Å². The molecular weight excluding hydrogens is 300 g/mol. The third kappa shape index (κ3) is 2.64. The van der Waals surface area contributed by atoms with Gasteiger partial charge in [0.25, 0.3) is 0 Å². The van der Waals surface area contributed by atoms with Gasteiger partial charge in [-0.05, 0) is 58.6 Å². The third-order valence-electron chi connectivity index (χ3n) is 5.48. The summed E-state index contributed by atoms with van der Waals surface area (Å²) in [5, 5.41) is 9.53. The van der Waals surface area contributed by atoms with Gasteiger partial charge in [0.1, 0.15) is 11.9 Å². The van der Waals surface area contributed by atoms with E-state index in [0.29, 0.717) is 12.1 Å². The van der Waals surface area contributed by atoms with Crippen molar-refractivity contribution in [2.75, 3.05) is 24.5 Å². The summed E-state index contributed by atoms with van der Waals surface area (Å²) >= 11 is 0. The fourth-order valence-electron chi connectivity index (χ4n) is 4.21. The van der Waals surface area contributed by atoms with Crippen LogP contribution >= 0.6 is 0 Å². The second kappa shape index (κ2) is 6.08. The monoisotopic (exact) mass is 326 g/mol. The van der Waals surface area contributed by atoms with Gasteiger partial charge in [-0.2, -0.15) is 5.26 Å². The first-order chi connectivity index (χ1) is 11.4. The zero-order valence-corrected chi connectivity index (χ0v) is 15.1. The summed E-state index contributed by atoms with van der Waals surface area (Å²) in [7, 11) is 0. The van der Waals surface area contributed by atoms with Crippen molar-refractivity contribution in [2.24, 2.45) is 5.41 Å². The van der Waals surface area contributed by atoms with Crippen LogP contribution in [-0.2, 0) is 4.79 Å². The van der Waals surface area contributed by atoms with Crippen LogP contribution in [0, 0.1) is 30.6 Å². The van der Waals surface area contributed by atoms with Crippen LogP contribution in [0.5, 0.6) is 0 Å². The van der Waals surface area contributed by atoms with Crippen molar-refractivity contribution in [3.8, 4) is 6.07 Å². The number of carbonyl (C=O) groups excluding carboxylic acids is 1. The Hall–Kier alpha value is -2.09. The summed E-state index contributed by atoms with van der Waals surface area (Å²) in [5.41, 5.74) is 2.22. The highest BCUT2D eigenvalue weighted by Gasteiger charge is 2.49. The van der Waals surface area contributed by atoms with Crippen LogP contribution in [0.2, 0.25) is 0 Å². The number of piperidine rings is 1. The number of aryl methyl sites for hydroxylation is 2. The highest BCUT2D eigenvalue weighted by atomic mass is 16.2. The fourth-order valence-corrected chi connectivity index (χ4v) is 4.21. The number of nitrogens with zero attached hydrogens (tertiary/aromatic N) is 4. The number of likely N-dealkylation sites (tertiary alicyclic amines) is 1. The lowest BCUT2D eigenvalue weighted by atomic mass is 9.78. The van der Waals surface area contributed by atoms with Crippen LogP contribution < -0.4 is 4.90 Å². The SMILES string of the molecule is Cc1cc(C)c(C#N)c(N2CC[C@@]3(CCCN(C(C)C)C3=O)C2)n1. The summed E-state index contributed by atoms with van der Waals surface area (Å²) < 4.78 is 0. The molecule has 1 amide bonds. The van der Waals surface area contributed by atoms with Gasteiger partial charge in [-0.25, -0.2) is 4.98 Å². The van der Waals surface area contributed by atoms with Gasteiger partial charge in [0.2, 0.25) is 5.91 Å². The molecule has 3 heterocycles. The molecule has 128 valence electrons. The van der Waals surface area contributed by atoms with E-state index in [1.54, 1.807) is 0 Å². The third-order valence-corrected chi connectivity index (χ3v) is 5.48. The van der Waals surface area contributed by atoms with E-state index in [0.717, 1.165) is 49.4 Å². The molecule has 1 atom stereocenters. The molecule has 1 aromatic rings. The summed E-state index contributed by atoms with van der Waals surface area (Å²) in [4.78, 5) is 21.9. The fraction of sp³-hybridized carbons (Fsp3) is 0.632. The molecule has 5 nitrogen and oxygen atoms in total. The van der Waals surface area contributed by atoms with Crippen molar-refractivity contribution >= 4 is 11.7 Å². The molecular formula is C19H26N4O. The maximum absolute atomic E-state index is 13.1. The van der Waals surface area contributed by atoms with Crippen molar-refractivity contribution in [2.45, 2.75) is 53.0 Å². The van der Waals surface area contributed by atoms with E-state index in [-0.39, 0.29) is 17.4 Å². The first-order valence-electron chi connectivity index (χ1n) is 8.82. The van der Waals surface area contributed by atoms with Crippen LogP contribution in [0.4, 0.5) is 5.82 Å². The maximum Gasteiger partial charge on any atom is 0.230 e. The average Bonchev–Trinajstić information content (AvgIpc) is 2.94. The minimum absolute atomic E-state index is 0.248. The molecule has 3 rings (SSSR count). The Morgan fingerprint density at radius 2 is 2.04 bits per heavy atom. The molecule has 0 saturated carbocycles. The number of carbonyl (C=O) groups is 1. The van der Waals surface area contributed by atoms with E-state index >= 15 is 0 Å². The number of hydrogen-bond donors (Lipinski definition) is 0. The minimum Gasteiger partial charge on any atom is -0.354 e. The van der Waals surface area contributed by atoms with Crippen LogP contribution in [0.3, 0.4) is 0 Å². The number of hydrogen-bond acceptors (Lipinski definition) is 4. The van der Waals surface area contributed by atoms with Crippen molar-refractivity contribution in [1.82, 2.24) is 9.88 Å². The molecule has 2 saturated heterocycles. The number of aromatic nitrogens is 1. The van der Waals surface area contributed by atoms with Gasteiger partial charge in [-0.15, -0.1) is 0 Å². The van der Waals surface area contributed by atoms with Gasteiger partial charge in [0, 0.05) is 31.4 Å². The van der Waals surface area contributed by atoms with E-state index < -0.39 is 0 Å². The average molecular weight is 326 g/mol. The van der Waals surface area contributed by atoms with E-state index in [9.17, 15) is 10.1 Å². The molecule has 2 aliphatic heterocycles. The van der Waals surface area contributed by atoms with Gasteiger partial charge in [-0.1, -0.05) is 0 Å². The molecule has 2 aliphatic rings. The molecule has 24 heavy (non-hydrogen) atoms. The zero-order valence-electron chi connectivity index (χ0n) is 15.1. The zero-order chi connectivity index (χ0) is 17.5. The second-order valence-corrected chi connectivity index (χ2v) is 7.54. The Kier molecular flexibility index (Phi) is 4.25. The van der Waals surface area contributed by atoms with E-state index in [1.165, 1.54) is 0 Å². The largest absolute Gasteiger partial charge is 0.354 e. The summed E-state index contributed by atoms with van der Waals surface area (Å²) in [5.74, 6) is 1.04. The van der Waals surface area contributed by atoms with Crippen molar-refractivity contribution in [3.05, 3.63) is 22.9 Å². The van der Waals surface area contributed by atoms with E-state index in [4.69, 9.17) is 0 Å². The second-order valence-electron chi connectivity index (χ2n) is 7.54. The van der Waals surface area contributed by atoms with Crippen LogP contribution in [0.25, 0.3) is 0 Å². The molecule has 0 radical (unpaired) electrons. The van der Waals surface area contributed by atoms with Gasteiger partial charge in [0.15, 0.2) is 0 Å². The van der Waals surface area contributed by atoms with Gasteiger partial charge in [0.05, 0.1) is 11.0 Å². The Morgan fingerprint density at radius 3 is 2.71 bits per heavy atom. The number of pyridine rings is 1. The smallest absolute Gasteiger partial charge is 0.230 e. The lowest BCUT2D eigenvalue weighted by Crippen LogP contribution is -2.52. The Labute approximate surface area is 144 Å². The summed E-state index contributed by atoms with van der Waals surface area (Å²) in [6.45, 7) is 10.4. The Bertz CT molecular complexity index is 706. The number of anilines is 1. The van der Waals surface area contributed by atoms with E-state index in [1.807, 2.05) is 24.8 Å². The van der Waals surface area contributed by atoms with Gasteiger partial charge < -0.3 is 9.80 Å². The van der Waals surface area contributed by atoms with E-state index in [2.05, 4.69) is 29.8 Å². The van der Waals surface area contributed by atoms with Gasteiger partial charge >= 0.3 is 0 Å². The molecule has 0 bridgehead atoms. The number of nitriles is 1. The lowest BCUT2D eigenvalue weighted by molar-refractivity contribution is -0.147. The van der Waals surface area contributed by atoms with Crippen LogP contribution in [0.15, 0.2) is 6.07 Å². The topological polar surface area (TPSA) is 60.2 Å². The predicted molar refractivity (Wildman–Crippen MR) is 93.8 cm³/mol. The van der Waals surface area contributed by atoms with Crippen molar-refractivity contribution in [3.63, 3.8) is 0 Å². The highest BCUT2D eigenvalue weighted by molar-refractivity contribution is 5.85. The number of rotatable bonds is 2. The normalized spacial score (nSPS) is 24.1. The quantitative estimate of drug-likeness (QED) is 0.838. The Morgan fingerprint density at radius 1 is 1.29 bits per heavy atom. The highest BCUT2D eigenvalue weighted by Crippen LogP contribution is 2.42. The summed E-state index contributed by atoms with van der Waals surface area (Å²) in [6, 6.07) is 4.49. The Balaban J connectivity index is 1.91. The first-order valence-corrected chi connectivity index (χ1v) is 8.82. The number of amides is 1. The minimum atomic E-state index is -0.297. The standard InChI is InChI=1S/C19H26N4O/c1-13(2)23-8-5-6-19(18(23)24)7-9-22(12-19)17-16(11-20)14(3)10-15(4)21-17/h10,13H,5-9,12H2,1-4H3/t19-/m0/s1. The molecule has 0 unspecified atom stereocenters. The molecule has 1 aromatic heterocycles. The molecule has 1 spiro atoms. The molecule has 0 aromatic carbocycles. The molecule has 0 N–H and O–H groups in total. The summed E-state index contributed by atoms with van der Waals surface area (Å²) in [6.07, 6.45) is 2.86. The van der Waals surface area contributed by atoms with Crippen LogP contribution in [0.1, 0.15) is 49.9 Å². The molecule has 0 aliphatic carbocycles. The van der Waals surface area contributed by atoms with Crippen molar-refractivity contribution < 1.29 is 4.79 Å². The predicted octanol–water partition coefficient (Wildman–Crippen LogP) is 2.80. The first kappa shape index (κ1) is 16.8. The van der Waals surface area contributed by atoms with Crippen molar-refractivity contribution in [1.29, 1.82) is 5.26 Å². The molecule has 2 fully saturated rings. The molecule has 5 heteroatoms. The van der Waals surface area contributed by atoms with Gasteiger partial charge in [-0.3, -0.25) is 4.79 Å². The lowest BCUT2D eigenvalue weighted by Gasteiger charge is -2.41.